The van der Waals surface area contributed by atoms with Gasteiger partial charge in [0.2, 0.25) is 0 Å². The van der Waals surface area contributed by atoms with Gasteiger partial charge in [-0.3, -0.25) is 4.79 Å². The SMILES string of the molecule is CC(c1cc2ccccc2o1)N(C)C(=O)C(F)(F)C(F)F. The number of alkyl halides is 4. The zero-order chi connectivity index (χ0) is 15.8. The van der Waals surface area contributed by atoms with Crippen LogP contribution in [-0.2, 0) is 4.79 Å². The second-order valence-electron chi connectivity index (χ2n) is 4.70. The van der Waals surface area contributed by atoms with E-state index in [0.29, 0.717) is 10.5 Å². The first-order chi connectivity index (χ1) is 9.75. The van der Waals surface area contributed by atoms with Gasteiger partial charge in [0, 0.05) is 12.4 Å². The molecule has 1 aromatic heterocycles. The lowest BCUT2D eigenvalue weighted by atomic mass is 10.2. The maximum Gasteiger partial charge on any atom is 0.383 e. The van der Waals surface area contributed by atoms with Crippen LogP contribution in [0.5, 0.6) is 0 Å². The number of nitrogens with zero attached hydrogens (tertiary/aromatic N) is 1. The van der Waals surface area contributed by atoms with Gasteiger partial charge in [-0.05, 0) is 19.1 Å². The number of carbonyl (C=O) groups is 1. The Labute approximate surface area is 118 Å². The molecule has 0 radical (unpaired) electrons. The van der Waals surface area contributed by atoms with Gasteiger partial charge in [-0.1, -0.05) is 18.2 Å². The summed E-state index contributed by atoms with van der Waals surface area (Å²) in [5.74, 6) is -6.41. The van der Waals surface area contributed by atoms with E-state index in [1.165, 1.54) is 6.92 Å². The zero-order valence-corrected chi connectivity index (χ0v) is 11.3. The van der Waals surface area contributed by atoms with Crippen molar-refractivity contribution < 1.29 is 26.8 Å². The third kappa shape index (κ3) is 2.72. The number of furan rings is 1. The van der Waals surface area contributed by atoms with Crippen LogP contribution in [0.3, 0.4) is 0 Å². The predicted molar refractivity (Wildman–Crippen MR) is 68.4 cm³/mol. The number of carbonyl (C=O) groups excluding carboxylic acids is 1. The van der Waals surface area contributed by atoms with Crippen molar-refractivity contribution in [1.82, 2.24) is 4.90 Å². The molecule has 2 aromatic rings. The van der Waals surface area contributed by atoms with E-state index in [0.717, 1.165) is 12.4 Å². The van der Waals surface area contributed by atoms with E-state index in [-0.39, 0.29) is 5.76 Å². The average molecular weight is 303 g/mol. The number of hydrogen-bond acceptors (Lipinski definition) is 2. The highest BCUT2D eigenvalue weighted by atomic mass is 19.3. The van der Waals surface area contributed by atoms with Crippen molar-refractivity contribution >= 4 is 16.9 Å². The molecule has 3 nitrogen and oxygen atoms in total. The van der Waals surface area contributed by atoms with Crippen LogP contribution in [-0.4, -0.2) is 30.2 Å². The molecule has 1 amide bonds. The normalized spacial score (nSPS) is 13.7. The third-order valence-corrected chi connectivity index (χ3v) is 3.32. The van der Waals surface area contributed by atoms with Crippen molar-refractivity contribution in [2.24, 2.45) is 0 Å². The molecule has 0 N–H and O–H groups in total. The molecule has 0 saturated heterocycles. The van der Waals surface area contributed by atoms with Crippen LogP contribution < -0.4 is 0 Å². The lowest BCUT2D eigenvalue weighted by molar-refractivity contribution is -0.181. The number of para-hydroxylation sites is 1. The molecule has 0 bridgehead atoms. The van der Waals surface area contributed by atoms with Crippen molar-refractivity contribution in [2.45, 2.75) is 25.3 Å². The van der Waals surface area contributed by atoms with Gasteiger partial charge in [0.25, 0.3) is 5.91 Å². The van der Waals surface area contributed by atoms with Gasteiger partial charge in [-0.2, -0.15) is 8.78 Å². The first-order valence-electron chi connectivity index (χ1n) is 6.17. The minimum Gasteiger partial charge on any atom is -0.459 e. The molecule has 0 fully saturated rings. The van der Waals surface area contributed by atoms with Crippen LogP contribution in [0.1, 0.15) is 18.7 Å². The Morgan fingerprint density at radius 3 is 2.48 bits per heavy atom. The molecular weight excluding hydrogens is 290 g/mol. The third-order valence-electron chi connectivity index (χ3n) is 3.32. The minimum atomic E-state index is -4.71. The maximum atomic E-state index is 13.1. The Kier molecular flexibility index (Phi) is 3.93. The number of benzene rings is 1. The topological polar surface area (TPSA) is 33.5 Å². The summed E-state index contributed by atoms with van der Waals surface area (Å²) in [6.07, 6.45) is -4.05. The van der Waals surface area contributed by atoms with E-state index in [9.17, 15) is 22.4 Å². The van der Waals surface area contributed by atoms with Crippen LogP contribution >= 0.6 is 0 Å². The molecule has 1 aromatic carbocycles. The highest BCUT2D eigenvalue weighted by molar-refractivity contribution is 5.84. The Morgan fingerprint density at radius 1 is 1.29 bits per heavy atom. The first kappa shape index (κ1) is 15.3. The Balaban J connectivity index is 2.26. The van der Waals surface area contributed by atoms with Crippen LogP contribution in [0.25, 0.3) is 11.0 Å². The molecule has 0 aliphatic rings. The first-order valence-corrected chi connectivity index (χ1v) is 6.17. The lowest BCUT2D eigenvalue weighted by Crippen LogP contribution is -2.46. The quantitative estimate of drug-likeness (QED) is 0.804. The van der Waals surface area contributed by atoms with E-state index in [1.54, 1.807) is 30.3 Å². The molecular formula is C14H13F4NO2. The summed E-state index contributed by atoms with van der Waals surface area (Å²) in [6, 6.07) is 7.64. The van der Waals surface area contributed by atoms with Crippen molar-refractivity contribution in [3.05, 3.63) is 36.1 Å². The van der Waals surface area contributed by atoms with Crippen molar-refractivity contribution in [3.8, 4) is 0 Å². The summed E-state index contributed by atoms with van der Waals surface area (Å²) in [5.41, 5.74) is 0.529. The monoisotopic (exact) mass is 303 g/mol. The second kappa shape index (κ2) is 5.38. The van der Waals surface area contributed by atoms with Gasteiger partial charge in [-0.25, -0.2) is 8.78 Å². The molecule has 114 valence electrons. The summed E-state index contributed by atoms with van der Waals surface area (Å²) in [7, 11) is 1.04. The van der Waals surface area contributed by atoms with E-state index < -0.39 is 24.3 Å². The van der Waals surface area contributed by atoms with E-state index in [4.69, 9.17) is 4.42 Å². The molecule has 1 unspecified atom stereocenters. The minimum absolute atomic E-state index is 0.247. The smallest absolute Gasteiger partial charge is 0.383 e. The molecule has 0 aliphatic carbocycles. The van der Waals surface area contributed by atoms with Gasteiger partial charge >= 0.3 is 12.3 Å². The van der Waals surface area contributed by atoms with E-state index >= 15 is 0 Å². The fraction of sp³-hybridized carbons (Fsp3) is 0.357. The lowest BCUT2D eigenvalue weighted by Gasteiger charge is -2.27. The van der Waals surface area contributed by atoms with Crippen LogP contribution in [0, 0.1) is 0 Å². The molecule has 21 heavy (non-hydrogen) atoms. The summed E-state index contributed by atoms with van der Waals surface area (Å²) in [4.78, 5) is 12.0. The number of halogens is 4. The number of rotatable bonds is 4. The highest BCUT2D eigenvalue weighted by Crippen LogP contribution is 2.31. The van der Waals surface area contributed by atoms with Crippen molar-refractivity contribution in [3.63, 3.8) is 0 Å². The molecule has 0 saturated carbocycles. The fourth-order valence-corrected chi connectivity index (χ4v) is 1.90. The standard InChI is InChI=1S/C14H13F4NO2/c1-8(19(2)13(20)14(17,18)12(15)16)11-7-9-5-3-4-6-10(9)21-11/h3-8,12H,1-2H3. The Hall–Kier alpha value is -2.05. The van der Waals surface area contributed by atoms with Gasteiger partial charge in [0.1, 0.15) is 11.3 Å². The summed E-state index contributed by atoms with van der Waals surface area (Å²) in [5, 5.41) is 0.737. The predicted octanol–water partition coefficient (Wildman–Crippen LogP) is 3.85. The zero-order valence-electron chi connectivity index (χ0n) is 11.3. The van der Waals surface area contributed by atoms with Crippen molar-refractivity contribution in [2.75, 3.05) is 7.05 Å². The van der Waals surface area contributed by atoms with E-state index in [1.807, 2.05) is 0 Å². The molecule has 0 aliphatic heterocycles. The van der Waals surface area contributed by atoms with Crippen LogP contribution in [0.15, 0.2) is 34.7 Å². The van der Waals surface area contributed by atoms with Gasteiger partial charge in [-0.15, -0.1) is 0 Å². The Bertz CT molecular complexity index is 620. The van der Waals surface area contributed by atoms with E-state index in [2.05, 4.69) is 0 Å². The highest BCUT2D eigenvalue weighted by Gasteiger charge is 2.51. The molecule has 2 rings (SSSR count). The fourth-order valence-electron chi connectivity index (χ4n) is 1.90. The average Bonchev–Trinajstić information content (AvgIpc) is 2.88. The number of fused-ring (bicyclic) bond motifs is 1. The number of amides is 1. The van der Waals surface area contributed by atoms with Gasteiger partial charge in [0.05, 0.1) is 6.04 Å². The number of hydrogen-bond donors (Lipinski definition) is 0. The summed E-state index contributed by atoms with van der Waals surface area (Å²) in [6.45, 7) is 1.43. The largest absolute Gasteiger partial charge is 0.459 e. The maximum absolute atomic E-state index is 13.1. The van der Waals surface area contributed by atoms with Crippen molar-refractivity contribution in [1.29, 1.82) is 0 Å². The van der Waals surface area contributed by atoms with Gasteiger partial charge < -0.3 is 9.32 Å². The van der Waals surface area contributed by atoms with Gasteiger partial charge in [0.15, 0.2) is 0 Å². The van der Waals surface area contributed by atoms with Crippen LogP contribution in [0.2, 0.25) is 0 Å². The Morgan fingerprint density at radius 2 is 1.90 bits per heavy atom. The molecule has 7 heteroatoms. The summed E-state index contributed by atoms with van der Waals surface area (Å²) >= 11 is 0. The van der Waals surface area contributed by atoms with Crippen LogP contribution in [0.4, 0.5) is 17.6 Å². The second-order valence-corrected chi connectivity index (χ2v) is 4.70. The molecule has 1 atom stereocenters. The summed E-state index contributed by atoms with van der Waals surface area (Å²) < 4.78 is 56.1. The molecule has 1 heterocycles. The molecule has 0 spiro atoms.